The van der Waals surface area contributed by atoms with Gasteiger partial charge in [-0.2, -0.15) is 0 Å². The van der Waals surface area contributed by atoms with Gasteiger partial charge in [-0.15, -0.1) is 0 Å². The minimum Gasteiger partial charge on any atom is -0.506 e. The largest absolute Gasteiger partial charge is 0.506 e. The van der Waals surface area contributed by atoms with Gasteiger partial charge in [0.15, 0.2) is 0 Å². The molecule has 0 rings (SSSR count). The zero-order chi connectivity index (χ0) is 10.4. The van der Waals surface area contributed by atoms with E-state index in [0.717, 1.165) is 0 Å². The van der Waals surface area contributed by atoms with Crippen LogP contribution in [-0.4, -0.2) is 35.3 Å². The molecule has 0 saturated carbocycles. The van der Waals surface area contributed by atoms with E-state index in [-0.39, 0.29) is 19.0 Å². The Kier molecular flexibility index (Phi) is 5.03. The van der Waals surface area contributed by atoms with Crippen molar-refractivity contribution in [2.75, 3.05) is 13.2 Å². The van der Waals surface area contributed by atoms with Crippen molar-refractivity contribution in [1.29, 1.82) is 0 Å². The van der Waals surface area contributed by atoms with Crippen LogP contribution in [0, 0.1) is 0 Å². The van der Waals surface area contributed by atoms with Gasteiger partial charge in [0.1, 0.15) is 5.76 Å². The number of rotatable bonds is 4. The summed E-state index contributed by atoms with van der Waals surface area (Å²) in [5, 5.41) is 27.2. The van der Waals surface area contributed by atoms with Crippen LogP contribution >= 0.6 is 0 Å². The molecule has 0 aromatic heterocycles. The van der Waals surface area contributed by atoms with Crippen LogP contribution < -0.4 is 0 Å². The smallest absolute Gasteiger partial charge is 0.142 e. The number of nitrogens with zero attached hydrogens (tertiary/aromatic N) is 1. The summed E-state index contributed by atoms with van der Waals surface area (Å²) in [5.41, 5.74) is 1.15. The highest BCUT2D eigenvalue weighted by Crippen LogP contribution is 2.15. The second-order valence-corrected chi connectivity index (χ2v) is 2.67. The lowest BCUT2D eigenvalue weighted by atomic mass is 10.1. The molecule has 0 aliphatic rings. The predicted molar refractivity (Wildman–Crippen MR) is 51.7 cm³/mol. The Bertz CT molecular complexity index is 254. The van der Waals surface area contributed by atoms with Crippen LogP contribution in [0.15, 0.2) is 27.6 Å². The standard InChI is InChI=1S/C9H15NO3/c1-6(4-11)8(5-12)9(13)7(2)10-3/h11-13H,3-5H2,1-2H3/b8-6+,9-7+. The quantitative estimate of drug-likeness (QED) is 0.344. The van der Waals surface area contributed by atoms with Gasteiger partial charge in [0.05, 0.1) is 18.9 Å². The minimum absolute atomic E-state index is 0.121. The van der Waals surface area contributed by atoms with E-state index in [1.165, 1.54) is 0 Å². The average molecular weight is 185 g/mol. The van der Waals surface area contributed by atoms with Gasteiger partial charge in [-0.05, 0) is 26.1 Å². The monoisotopic (exact) mass is 185 g/mol. The summed E-state index contributed by atoms with van der Waals surface area (Å²) in [6.07, 6.45) is 0. The summed E-state index contributed by atoms with van der Waals surface area (Å²) in [7, 11) is 0. The third-order valence-corrected chi connectivity index (χ3v) is 1.78. The van der Waals surface area contributed by atoms with Crippen molar-refractivity contribution in [3.8, 4) is 0 Å². The zero-order valence-corrected chi connectivity index (χ0v) is 7.91. The molecule has 0 atom stereocenters. The molecule has 0 amide bonds. The van der Waals surface area contributed by atoms with Crippen molar-refractivity contribution in [3.63, 3.8) is 0 Å². The molecule has 0 fully saturated rings. The molecular weight excluding hydrogens is 170 g/mol. The average Bonchev–Trinajstić information content (AvgIpc) is 2.17. The summed E-state index contributed by atoms with van der Waals surface area (Å²) in [5.74, 6) is -0.121. The van der Waals surface area contributed by atoms with Gasteiger partial charge in [-0.25, -0.2) is 0 Å². The first-order chi connectivity index (χ1) is 6.08. The van der Waals surface area contributed by atoms with Crippen molar-refractivity contribution in [2.24, 2.45) is 4.99 Å². The van der Waals surface area contributed by atoms with Crippen LogP contribution in [0.5, 0.6) is 0 Å². The first-order valence-corrected chi connectivity index (χ1v) is 3.85. The Morgan fingerprint density at radius 3 is 2.08 bits per heavy atom. The molecule has 0 aliphatic carbocycles. The lowest BCUT2D eigenvalue weighted by molar-refractivity contribution is 0.297. The summed E-state index contributed by atoms with van der Waals surface area (Å²) < 4.78 is 0. The van der Waals surface area contributed by atoms with Gasteiger partial charge in [-0.3, -0.25) is 4.99 Å². The first-order valence-electron chi connectivity index (χ1n) is 3.85. The van der Waals surface area contributed by atoms with Crippen LogP contribution in [0.25, 0.3) is 0 Å². The van der Waals surface area contributed by atoms with Crippen molar-refractivity contribution in [3.05, 3.63) is 22.6 Å². The van der Waals surface area contributed by atoms with Crippen LogP contribution in [-0.2, 0) is 0 Å². The Labute approximate surface area is 77.6 Å². The highest BCUT2D eigenvalue weighted by atomic mass is 16.3. The predicted octanol–water partition coefficient (Wildman–Crippen LogP) is 0.778. The van der Waals surface area contributed by atoms with Gasteiger partial charge in [0.2, 0.25) is 0 Å². The van der Waals surface area contributed by atoms with E-state index in [4.69, 9.17) is 10.2 Å². The van der Waals surface area contributed by atoms with E-state index < -0.39 is 0 Å². The normalized spacial score (nSPS) is 14.8. The van der Waals surface area contributed by atoms with Gasteiger partial charge < -0.3 is 15.3 Å². The number of aliphatic hydroxyl groups excluding tert-OH is 3. The topological polar surface area (TPSA) is 73.1 Å². The zero-order valence-electron chi connectivity index (χ0n) is 7.91. The van der Waals surface area contributed by atoms with E-state index in [9.17, 15) is 5.11 Å². The van der Waals surface area contributed by atoms with Crippen LogP contribution in [0.1, 0.15) is 13.8 Å². The van der Waals surface area contributed by atoms with Crippen molar-refractivity contribution < 1.29 is 15.3 Å². The molecule has 0 unspecified atom stereocenters. The second-order valence-electron chi connectivity index (χ2n) is 2.67. The Morgan fingerprint density at radius 1 is 1.23 bits per heavy atom. The lowest BCUT2D eigenvalue weighted by Crippen LogP contribution is -2.03. The molecule has 0 aliphatic heterocycles. The second kappa shape index (κ2) is 5.50. The maximum absolute atomic E-state index is 9.50. The molecule has 4 heteroatoms. The maximum atomic E-state index is 9.50. The van der Waals surface area contributed by atoms with Crippen molar-refractivity contribution in [1.82, 2.24) is 0 Å². The first kappa shape index (κ1) is 11.9. The van der Waals surface area contributed by atoms with Crippen LogP contribution in [0.2, 0.25) is 0 Å². The lowest BCUT2D eigenvalue weighted by Gasteiger charge is -2.08. The van der Waals surface area contributed by atoms with Gasteiger partial charge >= 0.3 is 0 Å². The molecule has 0 aromatic rings. The minimum atomic E-state index is -0.328. The molecule has 0 heterocycles. The van der Waals surface area contributed by atoms with E-state index in [0.29, 0.717) is 16.8 Å². The Morgan fingerprint density at radius 2 is 1.77 bits per heavy atom. The van der Waals surface area contributed by atoms with E-state index in [2.05, 4.69) is 11.7 Å². The maximum Gasteiger partial charge on any atom is 0.142 e. The van der Waals surface area contributed by atoms with E-state index >= 15 is 0 Å². The highest BCUT2D eigenvalue weighted by molar-refractivity contribution is 5.37. The molecule has 0 saturated heterocycles. The summed E-state index contributed by atoms with van der Waals surface area (Å²) in [6.45, 7) is 5.91. The van der Waals surface area contributed by atoms with Gasteiger partial charge in [0.25, 0.3) is 0 Å². The van der Waals surface area contributed by atoms with Gasteiger partial charge in [0, 0.05) is 5.57 Å². The van der Waals surface area contributed by atoms with Crippen LogP contribution in [0.3, 0.4) is 0 Å². The third kappa shape index (κ3) is 3.01. The Hall–Kier alpha value is -1.13. The number of hydrogen-bond acceptors (Lipinski definition) is 4. The highest BCUT2D eigenvalue weighted by Gasteiger charge is 2.08. The molecule has 0 aromatic carbocycles. The SMILES string of the molecule is C=N/C(C)=C(O)\C(CO)=C(/C)CO. The molecule has 13 heavy (non-hydrogen) atoms. The molecule has 4 nitrogen and oxygen atoms in total. The van der Waals surface area contributed by atoms with E-state index in [1.54, 1.807) is 13.8 Å². The molecule has 0 bridgehead atoms. The molecule has 0 radical (unpaired) electrons. The molecular formula is C9H15NO3. The summed E-state index contributed by atoms with van der Waals surface area (Å²) >= 11 is 0. The Balaban J connectivity index is 5.12. The van der Waals surface area contributed by atoms with Crippen molar-refractivity contribution in [2.45, 2.75) is 13.8 Å². The number of hydrogen-bond donors (Lipinski definition) is 3. The summed E-state index contributed by atoms with van der Waals surface area (Å²) in [4.78, 5) is 3.53. The number of aliphatic hydroxyl groups is 3. The van der Waals surface area contributed by atoms with Crippen molar-refractivity contribution >= 4 is 6.72 Å². The van der Waals surface area contributed by atoms with Gasteiger partial charge in [-0.1, -0.05) is 0 Å². The van der Waals surface area contributed by atoms with Crippen LogP contribution in [0.4, 0.5) is 0 Å². The fourth-order valence-electron chi connectivity index (χ4n) is 0.801. The third-order valence-electron chi connectivity index (χ3n) is 1.78. The number of allylic oxidation sites excluding steroid dienone is 1. The molecule has 3 N–H and O–H groups in total. The fraction of sp³-hybridized carbons (Fsp3) is 0.444. The molecule has 0 spiro atoms. The fourth-order valence-corrected chi connectivity index (χ4v) is 0.801. The number of aliphatic imine (C=N–C) groups is 1. The van der Waals surface area contributed by atoms with E-state index in [1.807, 2.05) is 0 Å². The molecule has 74 valence electrons. The summed E-state index contributed by atoms with van der Waals surface area (Å²) in [6, 6.07) is 0.